The number of carbonyl (C=O) groups excluding carboxylic acids is 2. The van der Waals surface area contributed by atoms with E-state index in [2.05, 4.69) is 22.5 Å². The Kier molecular flexibility index (Phi) is 6.49. The van der Waals surface area contributed by atoms with Crippen molar-refractivity contribution in [3.63, 3.8) is 0 Å². The maximum absolute atomic E-state index is 11.6. The molecule has 104 valence electrons. The molecule has 1 aliphatic rings. The molecule has 1 fully saturated rings. The number of piperidine rings is 1. The molecule has 0 aromatic rings. The highest BCUT2D eigenvalue weighted by molar-refractivity contribution is 5.80. The highest BCUT2D eigenvalue weighted by Crippen LogP contribution is 2.09. The van der Waals surface area contributed by atoms with Crippen LogP contribution >= 0.6 is 0 Å². The fourth-order valence-electron chi connectivity index (χ4n) is 2.06. The molecule has 1 rings (SSSR count). The van der Waals surface area contributed by atoms with E-state index in [1.165, 1.54) is 0 Å². The molecular weight excluding hydrogens is 234 g/mol. The van der Waals surface area contributed by atoms with Crippen molar-refractivity contribution in [2.24, 2.45) is 0 Å². The van der Waals surface area contributed by atoms with Gasteiger partial charge < -0.3 is 20.3 Å². The zero-order valence-corrected chi connectivity index (χ0v) is 11.2. The van der Waals surface area contributed by atoms with Crippen LogP contribution in [0.3, 0.4) is 0 Å². The Labute approximate surface area is 108 Å². The summed E-state index contributed by atoms with van der Waals surface area (Å²) in [4.78, 5) is 24.9. The fraction of sp³-hybridized carbons (Fsp3) is 0.833. The minimum atomic E-state index is -0.411. The van der Waals surface area contributed by atoms with Gasteiger partial charge in [0.2, 0.25) is 0 Å². The first-order valence-corrected chi connectivity index (χ1v) is 6.58. The van der Waals surface area contributed by atoms with Gasteiger partial charge in [-0.3, -0.25) is 4.79 Å². The Balaban J connectivity index is 2.21. The van der Waals surface area contributed by atoms with E-state index >= 15 is 0 Å². The summed E-state index contributed by atoms with van der Waals surface area (Å²) in [6.45, 7) is 7.08. The van der Waals surface area contributed by atoms with Gasteiger partial charge in [-0.25, -0.2) is 4.79 Å². The monoisotopic (exact) mass is 257 g/mol. The predicted molar refractivity (Wildman–Crippen MR) is 68.3 cm³/mol. The Hall–Kier alpha value is -1.30. The molecule has 0 aromatic carbocycles. The molecule has 2 N–H and O–H groups in total. The fourth-order valence-corrected chi connectivity index (χ4v) is 2.06. The largest absolute Gasteiger partial charge is 0.465 e. The Morgan fingerprint density at radius 3 is 2.83 bits per heavy atom. The van der Waals surface area contributed by atoms with Crippen LogP contribution in [0.15, 0.2) is 0 Å². The summed E-state index contributed by atoms with van der Waals surface area (Å²) in [5.41, 5.74) is 0. The summed E-state index contributed by atoms with van der Waals surface area (Å²) < 4.78 is 4.73. The van der Waals surface area contributed by atoms with Crippen LogP contribution in [0.2, 0.25) is 0 Å². The molecule has 0 aromatic heterocycles. The lowest BCUT2D eigenvalue weighted by Crippen LogP contribution is -2.51. The molecule has 1 unspecified atom stereocenters. The van der Waals surface area contributed by atoms with Crippen molar-refractivity contribution in [1.29, 1.82) is 0 Å². The minimum Gasteiger partial charge on any atom is -0.465 e. The summed E-state index contributed by atoms with van der Waals surface area (Å²) in [6, 6.07) is -0.132. The Morgan fingerprint density at radius 1 is 1.39 bits per heavy atom. The highest BCUT2D eigenvalue weighted by Gasteiger charge is 2.20. The van der Waals surface area contributed by atoms with Gasteiger partial charge in [0.1, 0.15) is 6.54 Å². The molecule has 1 aliphatic heterocycles. The third-order valence-electron chi connectivity index (χ3n) is 2.99. The van der Waals surface area contributed by atoms with Gasteiger partial charge in [0.25, 0.3) is 0 Å². The zero-order chi connectivity index (χ0) is 13.4. The first kappa shape index (κ1) is 14.8. The van der Waals surface area contributed by atoms with Crippen LogP contribution in [-0.2, 0) is 9.53 Å². The lowest BCUT2D eigenvalue weighted by atomic mass is 10.1. The van der Waals surface area contributed by atoms with Gasteiger partial charge in [-0.2, -0.15) is 0 Å². The normalized spacial score (nSPS) is 20.2. The molecule has 6 nitrogen and oxygen atoms in total. The minimum absolute atomic E-state index is 0.0795. The number of urea groups is 1. The second-order valence-corrected chi connectivity index (χ2v) is 4.36. The summed E-state index contributed by atoms with van der Waals surface area (Å²) in [7, 11) is 0. The van der Waals surface area contributed by atoms with Gasteiger partial charge in [-0.05, 0) is 32.9 Å². The SMILES string of the molecule is CCOC(=O)CNC(=O)NC1CCCN(CC)C1. The number of likely N-dealkylation sites (N-methyl/N-ethyl adjacent to an activating group) is 1. The van der Waals surface area contributed by atoms with Crippen LogP contribution in [0.5, 0.6) is 0 Å². The number of esters is 1. The molecular formula is C12H23N3O3. The van der Waals surface area contributed by atoms with Crippen molar-refractivity contribution in [3.05, 3.63) is 0 Å². The van der Waals surface area contributed by atoms with Crippen molar-refractivity contribution in [3.8, 4) is 0 Å². The molecule has 2 amide bonds. The van der Waals surface area contributed by atoms with Crippen LogP contribution < -0.4 is 10.6 Å². The van der Waals surface area contributed by atoms with Crippen molar-refractivity contribution in [2.45, 2.75) is 32.7 Å². The molecule has 18 heavy (non-hydrogen) atoms. The quantitative estimate of drug-likeness (QED) is 0.696. The van der Waals surface area contributed by atoms with Gasteiger partial charge >= 0.3 is 12.0 Å². The van der Waals surface area contributed by atoms with Gasteiger partial charge in [-0.1, -0.05) is 6.92 Å². The van der Waals surface area contributed by atoms with Crippen molar-refractivity contribution < 1.29 is 14.3 Å². The van der Waals surface area contributed by atoms with E-state index < -0.39 is 5.97 Å². The second kappa shape index (κ2) is 7.92. The molecule has 1 heterocycles. The van der Waals surface area contributed by atoms with Crippen LogP contribution in [-0.4, -0.2) is 55.7 Å². The van der Waals surface area contributed by atoms with Gasteiger partial charge in [0.15, 0.2) is 0 Å². The van der Waals surface area contributed by atoms with Crippen molar-refractivity contribution in [1.82, 2.24) is 15.5 Å². The lowest BCUT2D eigenvalue weighted by Gasteiger charge is -2.32. The van der Waals surface area contributed by atoms with E-state index in [0.29, 0.717) is 6.61 Å². The van der Waals surface area contributed by atoms with Crippen LogP contribution in [0, 0.1) is 0 Å². The number of ether oxygens (including phenoxy) is 1. The number of hydrogen-bond donors (Lipinski definition) is 2. The standard InChI is InChI=1S/C12H23N3O3/c1-3-15-7-5-6-10(9-15)14-12(17)13-8-11(16)18-4-2/h10H,3-9H2,1-2H3,(H2,13,14,17). The Bertz CT molecular complexity index is 284. The summed E-state index contributed by atoms with van der Waals surface area (Å²) in [6.07, 6.45) is 2.08. The van der Waals surface area contributed by atoms with E-state index in [1.54, 1.807) is 6.92 Å². The van der Waals surface area contributed by atoms with E-state index in [9.17, 15) is 9.59 Å². The topological polar surface area (TPSA) is 70.7 Å². The second-order valence-electron chi connectivity index (χ2n) is 4.36. The number of amides is 2. The number of rotatable bonds is 5. The molecule has 1 saturated heterocycles. The van der Waals surface area contributed by atoms with Crippen molar-refractivity contribution in [2.75, 3.05) is 32.8 Å². The molecule has 0 aliphatic carbocycles. The average Bonchev–Trinajstić information content (AvgIpc) is 2.37. The van der Waals surface area contributed by atoms with E-state index in [1.807, 2.05) is 0 Å². The number of carbonyl (C=O) groups is 2. The van der Waals surface area contributed by atoms with Crippen LogP contribution in [0.1, 0.15) is 26.7 Å². The van der Waals surface area contributed by atoms with E-state index in [-0.39, 0.29) is 18.6 Å². The molecule has 0 radical (unpaired) electrons. The number of likely N-dealkylation sites (tertiary alicyclic amines) is 1. The lowest BCUT2D eigenvalue weighted by molar-refractivity contribution is -0.141. The third-order valence-corrected chi connectivity index (χ3v) is 2.99. The smallest absolute Gasteiger partial charge is 0.325 e. The first-order chi connectivity index (χ1) is 8.65. The molecule has 1 atom stereocenters. The van der Waals surface area contributed by atoms with Gasteiger partial charge in [0.05, 0.1) is 6.61 Å². The van der Waals surface area contributed by atoms with Gasteiger partial charge in [-0.15, -0.1) is 0 Å². The Morgan fingerprint density at radius 2 is 2.17 bits per heavy atom. The van der Waals surface area contributed by atoms with Gasteiger partial charge in [0, 0.05) is 12.6 Å². The highest BCUT2D eigenvalue weighted by atomic mass is 16.5. The molecule has 0 bridgehead atoms. The predicted octanol–water partition coefficient (Wildman–Crippen LogP) is 0.333. The maximum atomic E-state index is 11.6. The number of nitrogens with one attached hydrogen (secondary N) is 2. The van der Waals surface area contributed by atoms with Crippen LogP contribution in [0.4, 0.5) is 4.79 Å². The summed E-state index contributed by atoms with van der Waals surface area (Å²) in [5.74, 6) is -0.411. The maximum Gasteiger partial charge on any atom is 0.325 e. The van der Waals surface area contributed by atoms with E-state index in [4.69, 9.17) is 4.74 Å². The molecule has 0 saturated carbocycles. The first-order valence-electron chi connectivity index (χ1n) is 6.58. The van der Waals surface area contributed by atoms with Crippen LogP contribution in [0.25, 0.3) is 0 Å². The summed E-state index contributed by atoms with van der Waals surface area (Å²) >= 11 is 0. The number of hydrogen-bond acceptors (Lipinski definition) is 4. The average molecular weight is 257 g/mol. The zero-order valence-electron chi connectivity index (χ0n) is 11.2. The van der Waals surface area contributed by atoms with E-state index in [0.717, 1.165) is 32.5 Å². The third kappa shape index (κ3) is 5.35. The number of nitrogens with zero attached hydrogens (tertiary/aromatic N) is 1. The molecule has 6 heteroatoms. The van der Waals surface area contributed by atoms with Crippen molar-refractivity contribution >= 4 is 12.0 Å². The summed E-state index contributed by atoms with van der Waals surface area (Å²) in [5, 5.41) is 5.39. The molecule has 0 spiro atoms.